The molecule has 0 saturated carbocycles. The zero-order valence-corrected chi connectivity index (χ0v) is 10.3. The molecule has 2 N–H and O–H groups in total. The van der Waals surface area contributed by atoms with Crippen LogP contribution in [0, 0.1) is 5.92 Å². The van der Waals surface area contributed by atoms with Crippen molar-refractivity contribution in [2.45, 2.75) is 19.8 Å². The number of nitrogens with zero attached hydrogens (tertiary/aromatic N) is 2. The van der Waals surface area contributed by atoms with E-state index in [-0.39, 0.29) is 0 Å². The van der Waals surface area contributed by atoms with Crippen molar-refractivity contribution in [3.8, 4) is 0 Å². The number of aromatic nitrogens is 2. The first-order valence-corrected chi connectivity index (χ1v) is 5.84. The molecule has 4 heteroatoms. The highest BCUT2D eigenvalue weighted by Crippen LogP contribution is 2.26. The van der Waals surface area contributed by atoms with Gasteiger partial charge in [-0.25, -0.2) is 4.98 Å². The molecule has 0 saturated heterocycles. The minimum atomic E-state index is 0.313. The van der Waals surface area contributed by atoms with Crippen molar-refractivity contribution in [3.05, 3.63) is 35.2 Å². The van der Waals surface area contributed by atoms with Crippen molar-refractivity contribution in [3.63, 3.8) is 0 Å². The molecule has 3 nitrogen and oxygen atoms in total. The third-order valence-electron chi connectivity index (χ3n) is 2.96. The molecule has 2 aromatic rings. The van der Waals surface area contributed by atoms with Crippen LogP contribution in [0.1, 0.15) is 25.5 Å². The minimum Gasteiger partial charge on any atom is -0.330 e. The van der Waals surface area contributed by atoms with E-state index >= 15 is 0 Å². The summed E-state index contributed by atoms with van der Waals surface area (Å²) in [6.45, 7) is 4.96. The summed E-state index contributed by atoms with van der Waals surface area (Å²) in [5.74, 6) is 0.803. The zero-order chi connectivity index (χ0) is 11.7. The molecular weight excluding hydrogens is 222 g/mol. The monoisotopic (exact) mass is 237 g/mol. The minimum absolute atomic E-state index is 0.313. The van der Waals surface area contributed by atoms with Gasteiger partial charge in [0.05, 0.1) is 5.02 Å². The van der Waals surface area contributed by atoms with E-state index in [1.165, 1.54) is 0 Å². The van der Waals surface area contributed by atoms with E-state index < -0.39 is 0 Å². The summed E-state index contributed by atoms with van der Waals surface area (Å²) in [6, 6.07) is 3.77. The van der Waals surface area contributed by atoms with E-state index in [1.54, 1.807) is 0 Å². The van der Waals surface area contributed by atoms with Gasteiger partial charge < -0.3 is 10.1 Å². The normalized spacial score (nSPS) is 13.6. The molecule has 0 aliphatic carbocycles. The fourth-order valence-electron chi connectivity index (χ4n) is 2.00. The average molecular weight is 238 g/mol. The number of imidazole rings is 1. The van der Waals surface area contributed by atoms with Crippen LogP contribution < -0.4 is 5.73 Å². The Hall–Kier alpha value is -1.06. The van der Waals surface area contributed by atoms with Gasteiger partial charge in [0.2, 0.25) is 0 Å². The molecule has 1 atom stereocenters. The highest BCUT2D eigenvalue weighted by molar-refractivity contribution is 6.33. The van der Waals surface area contributed by atoms with Gasteiger partial charge in [-0.3, -0.25) is 0 Å². The molecule has 0 bridgehead atoms. The lowest BCUT2D eigenvalue weighted by Crippen LogP contribution is -2.19. The summed E-state index contributed by atoms with van der Waals surface area (Å²) >= 11 is 6.08. The second-order valence-electron chi connectivity index (χ2n) is 4.32. The van der Waals surface area contributed by atoms with Crippen LogP contribution in [0.2, 0.25) is 5.02 Å². The van der Waals surface area contributed by atoms with Crippen molar-refractivity contribution in [2.24, 2.45) is 11.7 Å². The van der Waals surface area contributed by atoms with Gasteiger partial charge in [0.15, 0.2) is 5.65 Å². The molecule has 0 aliphatic heterocycles. The lowest BCUT2D eigenvalue weighted by atomic mass is 9.93. The van der Waals surface area contributed by atoms with Crippen molar-refractivity contribution >= 4 is 17.2 Å². The third-order valence-corrected chi connectivity index (χ3v) is 3.25. The molecule has 0 aliphatic rings. The number of nitrogens with two attached hydrogens (primary N) is 1. The van der Waals surface area contributed by atoms with Gasteiger partial charge in [0.1, 0.15) is 0 Å². The summed E-state index contributed by atoms with van der Waals surface area (Å²) in [7, 11) is 0. The van der Waals surface area contributed by atoms with E-state index in [9.17, 15) is 0 Å². The van der Waals surface area contributed by atoms with Crippen LogP contribution in [0.25, 0.3) is 5.65 Å². The number of hydrogen-bond acceptors (Lipinski definition) is 2. The quantitative estimate of drug-likeness (QED) is 0.892. The Morgan fingerprint density at radius 2 is 2.25 bits per heavy atom. The number of halogens is 1. The van der Waals surface area contributed by atoms with Gasteiger partial charge in [-0.15, -0.1) is 0 Å². The number of pyridine rings is 1. The summed E-state index contributed by atoms with van der Waals surface area (Å²) in [5.41, 5.74) is 7.76. The van der Waals surface area contributed by atoms with Crippen molar-refractivity contribution in [1.82, 2.24) is 9.38 Å². The molecule has 2 aromatic heterocycles. The number of rotatable bonds is 3. The fraction of sp³-hybridized carbons (Fsp3) is 0.417. The first kappa shape index (κ1) is 11.4. The fourth-order valence-corrected chi connectivity index (χ4v) is 2.22. The maximum atomic E-state index is 6.08. The Labute approximate surface area is 100 Å². The second-order valence-corrected chi connectivity index (χ2v) is 4.73. The predicted octanol–water partition coefficient (Wildman–Crippen LogP) is 2.69. The molecule has 0 spiro atoms. The van der Waals surface area contributed by atoms with Crippen LogP contribution in [-0.4, -0.2) is 15.9 Å². The van der Waals surface area contributed by atoms with Gasteiger partial charge in [0, 0.05) is 30.6 Å². The van der Waals surface area contributed by atoms with Crippen LogP contribution in [0.3, 0.4) is 0 Å². The van der Waals surface area contributed by atoms with Gasteiger partial charge in [-0.2, -0.15) is 0 Å². The molecule has 86 valence electrons. The van der Waals surface area contributed by atoms with Crippen molar-refractivity contribution in [1.29, 1.82) is 0 Å². The number of fused-ring (bicyclic) bond motifs is 1. The maximum Gasteiger partial charge on any atom is 0.155 e. The molecule has 2 rings (SSSR count). The van der Waals surface area contributed by atoms with E-state index in [0.29, 0.717) is 23.4 Å². The molecule has 0 amide bonds. The smallest absolute Gasteiger partial charge is 0.155 e. The summed E-state index contributed by atoms with van der Waals surface area (Å²) in [6.07, 6.45) is 3.85. The van der Waals surface area contributed by atoms with Crippen LogP contribution in [0.15, 0.2) is 24.5 Å². The zero-order valence-electron chi connectivity index (χ0n) is 9.52. The molecule has 1 unspecified atom stereocenters. The van der Waals surface area contributed by atoms with Gasteiger partial charge in [-0.05, 0) is 18.1 Å². The standard InChI is InChI=1S/C12H16ClN3/c1-8(2)9(6-14)11-7-15-12-10(13)4-3-5-16(11)12/h3-5,7-9H,6,14H2,1-2H3. The average Bonchev–Trinajstić information content (AvgIpc) is 2.64. The second kappa shape index (κ2) is 4.44. The first-order valence-electron chi connectivity index (χ1n) is 5.46. The summed E-state index contributed by atoms with van der Waals surface area (Å²) in [5, 5.41) is 0.674. The van der Waals surface area contributed by atoms with E-state index in [1.807, 2.05) is 28.9 Å². The van der Waals surface area contributed by atoms with Crippen LogP contribution >= 0.6 is 11.6 Å². The summed E-state index contributed by atoms with van der Waals surface area (Å²) in [4.78, 5) is 4.34. The van der Waals surface area contributed by atoms with Crippen LogP contribution in [0.5, 0.6) is 0 Å². The van der Waals surface area contributed by atoms with E-state index in [4.69, 9.17) is 17.3 Å². The largest absolute Gasteiger partial charge is 0.330 e. The molecule has 16 heavy (non-hydrogen) atoms. The molecule has 0 aromatic carbocycles. The molecule has 0 radical (unpaired) electrons. The molecule has 0 fully saturated rings. The Balaban J connectivity index is 2.57. The lowest BCUT2D eigenvalue weighted by Gasteiger charge is -2.18. The Bertz CT molecular complexity index is 490. The van der Waals surface area contributed by atoms with Gasteiger partial charge in [-0.1, -0.05) is 25.4 Å². The lowest BCUT2D eigenvalue weighted by molar-refractivity contribution is 0.493. The Kier molecular flexibility index (Phi) is 3.17. The first-order chi connectivity index (χ1) is 7.65. The predicted molar refractivity (Wildman–Crippen MR) is 66.8 cm³/mol. The highest BCUT2D eigenvalue weighted by Gasteiger charge is 2.18. The van der Waals surface area contributed by atoms with Crippen molar-refractivity contribution < 1.29 is 0 Å². The van der Waals surface area contributed by atoms with Crippen molar-refractivity contribution in [2.75, 3.05) is 6.54 Å². The number of hydrogen-bond donors (Lipinski definition) is 1. The van der Waals surface area contributed by atoms with Crippen LogP contribution in [0.4, 0.5) is 0 Å². The third kappa shape index (κ3) is 1.81. The van der Waals surface area contributed by atoms with E-state index in [0.717, 1.165) is 11.3 Å². The summed E-state index contributed by atoms with van der Waals surface area (Å²) < 4.78 is 2.03. The van der Waals surface area contributed by atoms with Gasteiger partial charge in [0.25, 0.3) is 0 Å². The Morgan fingerprint density at radius 1 is 1.50 bits per heavy atom. The molecular formula is C12H16ClN3. The molecule has 2 heterocycles. The van der Waals surface area contributed by atoms with Crippen LogP contribution in [-0.2, 0) is 0 Å². The topological polar surface area (TPSA) is 43.3 Å². The van der Waals surface area contributed by atoms with Gasteiger partial charge >= 0.3 is 0 Å². The van der Waals surface area contributed by atoms with E-state index in [2.05, 4.69) is 18.8 Å². The SMILES string of the molecule is CC(C)C(CN)c1cnc2c(Cl)cccn12. The maximum absolute atomic E-state index is 6.08. The highest BCUT2D eigenvalue weighted by atomic mass is 35.5. The Morgan fingerprint density at radius 3 is 2.88 bits per heavy atom.